The largest absolute Gasteiger partial charge is 0.417 e. The number of fused-ring (bicyclic) bond motifs is 1. The third kappa shape index (κ3) is 4.14. The molecule has 0 radical (unpaired) electrons. The fourth-order valence-electron chi connectivity index (χ4n) is 3.72. The lowest BCUT2D eigenvalue weighted by Crippen LogP contribution is -2.51. The minimum atomic E-state index is -4.87. The van der Waals surface area contributed by atoms with Crippen molar-refractivity contribution in [1.82, 2.24) is 10.2 Å². The highest BCUT2D eigenvalue weighted by Gasteiger charge is 2.44. The number of anilines is 1. The van der Waals surface area contributed by atoms with Gasteiger partial charge in [0.05, 0.1) is 26.6 Å². The fraction of sp³-hybridized carbons (Fsp3) is 0.190. The number of rotatable bonds is 4. The van der Waals surface area contributed by atoms with E-state index in [9.17, 15) is 36.0 Å². The predicted molar refractivity (Wildman–Crippen MR) is 115 cm³/mol. The van der Waals surface area contributed by atoms with Crippen molar-refractivity contribution in [2.45, 2.75) is 30.0 Å². The van der Waals surface area contributed by atoms with Gasteiger partial charge in [0.25, 0.3) is 21.8 Å². The van der Waals surface area contributed by atoms with Crippen LogP contribution in [0.1, 0.15) is 39.1 Å². The lowest BCUT2D eigenvalue weighted by molar-refractivity contribution is -0.137. The Balaban J connectivity index is 1.62. The van der Waals surface area contributed by atoms with Crippen LogP contribution in [-0.2, 0) is 21.0 Å². The Morgan fingerprint density at radius 3 is 2.38 bits per heavy atom. The van der Waals surface area contributed by atoms with E-state index in [1.54, 1.807) is 0 Å². The molecule has 2 aliphatic heterocycles. The first-order valence-electron chi connectivity index (χ1n) is 9.70. The first-order chi connectivity index (χ1) is 15.8. The van der Waals surface area contributed by atoms with Crippen LogP contribution in [0.25, 0.3) is 0 Å². The van der Waals surface area contributed by atoms with E-state index in [0.717, 1.165) is 23.1 Å². The van der Waals surface area contributed by atoms with E-state index in [4.69, 9.17) is 11.6 Å². The Kier molecular flexibility index (Phi) is 5.68. The zero-order chi connectivity index (χ0) is 25.0. The van der Waals surface area contributed by atoms with Crippen molar-refractivity contribution in [3.63, 3.8) is 0 Å². The number of piperidine rings is 1. The number of alkyl halides is 3. The molecule has 4 rings (SSSR count). The topological polar surface area (TPSA) is 113 Å². The van der Waals surface area contributed by atoms with Gasteiger partial charge in [-0.15, -0.1) is 0 Å². The standard InChI is InChI=1S/C21H15ClF3N3O5S/c1-10-2-7-17(18(29)26-10)28-19(30)13-5-3-11(8-14(13)20(28)31)27-34(32,33)12-4-6-16(22)15(9-12)21(23,24)25/h3-6,8-9,17,27H,1-2,7H2,(H,26,29). The smallest absolute Gasteiger partial charge is 0.329 e. The Morgan fingerprint density at radius 2 is 1.74 bits per heavy atom. The second kappa shape index (κ2) is 8.13. The molecule has 178 valence electrons. The van der Waals surface area contributed by atoms with Gasteiger partial charge in [0.1, 0.15) is 6.04 Å². The summed E-state index contributed by atoms with van der Waals surface area (Å²) in [6.07, 6.45) is -4.31. The summed E-state index contributed by atoms with van der Waals surface area (Å²) in [6.45, 7) is 3.64. The second-order valence-electron chi connectivity index (χ2n) is 7.63. The zero-order valence-corrected chi connectivity index (χ0v) is 18.6. The molecule has 0 saturated carbocycles. The highest BCUT2D eigenvalue weighted by molar-refractivity contribution is 7.92. The molecule has 1 unspecified atom stereocenters. The van der Waals surface area contributed by atoms with Crippen LogP contribution in [0.15, 0.2) is 53.6 Å². The maximum Gasteiger partial charge on any atom is 0.417 e. The number of halogens is 4. The number of benzene rings is 2. The monoisotopic (exact) mass is 513 g/mol. The molecule has 13 heteroatoms. The number of sulfonamides is 1. The second-order valence-corrected chi connectivity index (χ2v) is 9.72. The van der Waals surface area contributed by atoms with Gasteiger partial charge < -0.3 is 5.32 Å². The summed E-state index contributed by atoms with van der Waals surface area (Å²) in [6, 6.07) is 4.54. The van der Waals surface area contributed by atoms with Gasteiger partial charge in [0.2, 0.25) is 5.91 Å². The minimum Gasteiger partial charge on any atom is -0.329 e. The lowest BCUT2D eigenvalue weighted by atomic mass is 10.0. The summed E-state index contributed by atoms with van der Waals surface area (Å²) in [5.41, 5.74) is -1.20. The number of allylic oxidation sites excluding steroid dienone is 1. The van der Waals surface area contributed by atoms with Gasteiger partial charge in [-0.05, 0) is 49.2 Å². The predicted octanol–water partition coefficient (Wildman–Crippen LogP) is 3.55. The molecule has 2 aromatic carbocycles. The van der Waals surface area contributed by atoms with Crippen molar-refractivity contribution in [1.29, 1.82) is 0 Å². The number of carbonyl (C=O) groups is 3. The summed E-state index contributed by atoms with van der Waals surface area (Å²) < 4.78 is 66.8. The maximum atomic E-state index is 13.1. The Labute approximate surface area is 196 Å². The van der Waals surface area contributed by atoms with Crippen molar-refractivity contribution in [3.8, 4) is 0 Å². The van der Waals surface area contributed by atoms with Crippen LogP contribution in [-0.4, -0.2) is 37.1 Å². The molecule has 34 heavy (non-hydrogen) atoms. The van der Waals surface area contributed by atoms with Gasteiger partial charge in [-0.1, -0.05) is 18.2 Å². The molecule has 3 amide bonds. The molecule has 2 aliphatic rings. The number of nitrogens with one attached hydrogen (secondary N) is 2. The van der Waals surface area contributed by atoms with E-state index >= 15 is 0 Å². The number of carbonyl (C=O) groups excluding carboxylic acids is 3. The minimum absolute atomic E-state index is 0.0315. The van der Waals surface area contributed by atoms with E-state index in [1.165, 1.54) is 12.1 Å². The van der Waals surface area contributed by atoms with Crippen molar-refractivity contribution in [2.75, 3.05) is 4.72 Å². The van der Waals surface area contributed by atoms with Gasteiger partial charge in [-0.2, -0.15) is 13.2 Å². The SMILES string of the molecule is C=C1CCC(N2C(=O)c3ccc(NS(=O)(=O)c4ccc(Cl)c(C(F)(F)F)c4)cc3C2=O)C(=O)N1. The molecule has 1 saturated heterocycles. The van der Waals surface area contributed by atoms with E-state index < -0.39 is 55.4 Å². The van der Waals surface area contributed by atoms with E-state index in [-0.39, 0.29) is 23.2 Å². The lowest BCUT2D eigenvalue weighted by Gasteiger charge is -2.29. The maximum absolute atomic E-state index is 13.1. The Hall–Kier alpha value is -3.38. The van der Waals surface area contributed by atoms with Crippen LogP contribution in [0.3, 0.4) is 0 Å². The van der Waals surface area contributed by atoms with Crippen LogP contribution >= 0.6 is 11.6 Å². The van der Waals surface area contributed by atoms with Crippen molar-refractivity contribution in [3.05, 3.63) is 70.4 Å². The van der Waals surface area contributed by atoms with E-state index in [2.05, 4.69) is 16.6 Å². The average Bonchev–Trinajstić information content (AvgIpc) is 2.97. The normalized spacial score (nSPS) is 18.7. The molecule has 2 N–H and O–H groups in total. The summed E-state index contributed by atoms with van der Waals surface area (Å²) in [4.78, 5) is 38.0. The Bertz CT molecular complexity index is 1370. The Morgan fingerprint density at radius 1 is 1.06 bits per heavy atom. The average molecular weight is 514 g/mol. The van der Waals surface area contributed by atoms with Crippen molar-refractivity contribution in [2.24, 2.45) is 0 Å². The summed E-state index contributed by atoms with van der Waals surface area (Å²) in [7, 11) is -4.50. The molecular formula is C21H15ClF3N3O5S. The van der Waals surface area contributed by atoms with Gasteiger partial charge in [0.15, 0.2) is 0 Å². The molecule has 0 aliphatic carbocycles. The fourth-order valence-corrected chi connectivity index (χ4v) is 5.02. The van der Waals surface area contributed by atoms with Crippen molar-refractivity contribution < 1.29 is 36.0 Å². The highest BCUT2D eigenvalue weighted by Crippen LogP contribution is 2.36. The zero-order valence-electron chi connectivity index (χ0n) is 17.1. The van der Waals surface area contributed by atoms with Crippen LogP contribution in [0.2, 0.25) is 5.02 Å². The van der Waals surface area contributed by atoms with E-state index in [1.807, 2.05) is 0 Å². The van der Waals surface area contributed by atoms with Gasteiger partial charge >= 0.3 is 6.18 Å². The molecule has 1 fully saturated rings. The van der Waals surface area contributed by atoms with Crippen molar-refractivity contribution >= 4 is 45.0 Å². The molecule has 2 aromatic rings. The third-order valence-corrected chi connectivity index (χ3v) is 7.07. The summed E-state index contributed by atoms with van der Waals surface area (Å²) in [5.74, 6) is -2.07. The number of amides is 3. The van der Waals surface area contributed by atoms with Gasteiger partial charge in [-0.3, -0.25) is 24.0 Å². The first-order valence-corrected chi connectivity index (χ1v) is 11.6. The molecule has 0 bridgehead atoms. The molecular weight excluding hydrogens is 499 g/mol. The van der Waals surface area contributed by atoms with Gasteiger partial charge in [0, 0.05) is 11.4 Å². The molecule has 8 nitrogen and oxygen atoms in total. The van der Waals surface area contributed by atoms with Crippen LogP contribution in [0.5, 0.6) is 0 Å². The molecule has 2 heterocycles. The molecule has 1 atom stereocenters. The number of hydrogen-bond donors (Lipinski definition) is 2. The first kappa shape index (κ1) is 23.8. The van der Waals surface area contributed by atoms with Crippen LogP contribution in [0, 0.1) is 0 Å². The summed E-state index contributed by atoms with van der Waals surface area (Å²) in [5, 5.41) is 1.83. The number of imide groups is 1. The quantitative estimate of drug-likeness (QED) is 0.607. The third-order valence-electron chi connectivity index (χ3n) is 5.36. The number of hydrogen-bond acceptors (Lipinski definition) is 5. The molecule has 0 aromatic heterocycles. The summed E-state index contributed by atoms with van der Waals surface area (Å²) >= 11 is 5.54. The van der Waals surface area contributed by atoms with Gasteiger partial charge in [-0.25, -0.2) is 8.42 Å². The highest BCUT2D eigenvalue weighted by atomic mass is 35.5. The number of nitrogens with zero attached hydrogens (tertiary/aromatic N) is 1. The molecule has 0 spiro atoms. The van der Waals surface area contributed by atoms with Crippen LogP contribution < -0.4 is 10.0 Å². The van der Waals surface area contributed by atoms with E-state index in [0.29, 0.717) is 18.2 Å². The van der Waals surface area contributed by atoms with Crippen LogP contribution in [0.4, 0.5) is 18.9 Å².